The van der Waals surface area contributed by atoms with Crippen molar-refractivity contribution in [2.45, 2.75) is 25.1 Å². The van der Waals surface area contributed by atoms with Crippen LogP contribution in [0.4, 0.5) is 0 Å². The van der Waals surface area contributed by atoms with Crippen LogP contribution in [0.3, 0.4) is 0 Å². The van der Waals surface area contributed by atoms with Gasteiger partial charge in [0.1, 0.15) is 4.88 Å². The lowest BCUT2D eigenvalue weighted by Crippen LogP contribution is -2.36. The second kappa shape index (κ2) is 6.79. The highest BCUT2D eigenvalue weighted by Crippen LogP contribution is 2.33. The van der Waals surface area contributed by atoms with Gasteiger partial charge in [0, 0.05) is 24.3 Å². The number of sulfonamides is 1. The van der Waals surface area contributed by atoms with Gasteiger partial charge in [0.05, 0.1) is 5.25 Å². The van der Waals surface area contributed by atoms with Gasteiger partial charge in [0.25, 0.3) is 0 Å². The summed E-state index contributed by atoms with van der Waals surface area (Å²) in [7, 11) is -3.30. The number of carbonyl (C=O) groups is 1. The SMILES string of the molecule is CCNS(=O)(=O)C1CCN(Cc2c(C(=O)O)sc3ccccc23)C1. The van der Waals surface area contributed by atoms with Gasteiger partial charge in [0.15, 0.2) is 0 Å². The van der Waals surface area contributed by atoms with E-state index in [1.165, 1.54) is 11.3 Å². The topological polar surface area (TPSA) is 86.7 Å². The first kappa shape index (κ1) is 17.3. The van der Waals surface area contributed by atoms with Gasteiger partial charge in [-0.1, -0.05) is 25.1 Å². The Bertz CT molecular complexity index is 860. The summed E-state index contributed by atoms with van der Waals surface area (Å²) in [6.45, 7) is 3.69. The van der Waals surface area contributed by atoms with Crippen LogP contribution in [-0.4, -0.2) is 49.3 Å². The van der Waals surface area contributed by atoms with E-state index in [0.717, 1.165) is 15.6 Å². The van der Waals surface area contributed by atoms with Crippen molar-refractivity contribution in [2.24, 2.45) is 0 Å². The Hall–Kier alpha value is -1.48. The number of hydrogen-bond donors (Lipinski definition) is 2. The highest BCUT2D eigenvalue weighted by molar-refractivity contribution is 7.90. The molecule has 0 bridgehead atoms. The lowest BCUT2D eigenvalue weighted by Gasteiger charge is -2.16. The molecule has 2 N–H and O–H groups in total. The molecule has 0 aliphatic carbocycles. The standard InChI is InChI=1S/C16H20N2O4S2/c1-2-17-24(21,22)11-7-8-18(9-11)10-13-12-5-3-4-6-14(12)23-15(13)16(19)20/h3-6,11,17H,2,7-10H2,1H3,(H,19,20). The summed E-state index contributed by atoms with van der Waals surface area (Å²) in [6.07, 6.45) is 0.569. The predicted molar refractivity (Wildman–Crippen MR) is 95.1 cm³/mol. The molecule has 8 heteroatoms. The monoisotopic (exact) mass is 368 g/mol. The van der Waals surface area contributed by atoms with Gasteiger partial charge in [-0.25, -0.2) is 17.9 Å². The summed E-state index contributed by atoms with van der Waals surface area (Å²) in [5, 5.41) is 9.99. The van der Waals surface area contributed by atoms with Crippen molar-refractivity contribution in [3.63, 3.8) is 0 Å². The van der Waals surface area contributed by atoms with E-state index >= 15 is 0 Å². The first-order chi connectivity index (χ1) is 11.4. The number of hydrogen-bond acceptors (Lipinski definition) is 5. The number of fused-ring (bicyclic) bond motifs is 1. The molecule has 1 fully saturated rings. The van der Waals surface area contributed by atoms with E-state index < -0.39 is 21.2 Å². The Morgan fingerprint density at radius 3 is 2.88 bits per heavy atom. The maximum absolute atomic E-state index is 12.1. The molecule has 0 saturated carbocycles. The molecule has 1 aliphatic heterocycles. The van der Waals surface area contributed by atoms with Gasteiger partial charge in [-0.15, -0.1) is 11.3 Å². The van der Waals surface area contributed by atoms with Gasteiger partial charge in [-0.3, -0.25) is 4.90 Å². The quantitative estimate of drug-likeness (QED) is 0.815. The number of carboxylic acids is 1. The number of carboxylic acid groups (broad SMARTS) is 1. The fourth-order valence-corrected chi connectivity index (χ4v) is 5.68. The largest absolute Gasteiger partial charge is 0.477 e. The van der Waals surface area contributed by atoms with Gasteiger partial charge in [-0.05, 0) is 30.0 Å². The second-order valence-electron chi connectivity index (χ2n) is 5.90. The lowest BCUT2D eigenvalue weighted by atomic mass is 10.1. The van der Waals surface area contributed by atoms with Crippen LogP contribution in [0.15, 0.2) is 24.3 Å². The normalized spacial score (nSPS) is 19.1. The molecule has 0 spiro atoms. The van der Waals surface area contributed by atoms with E-state index in [2.05, 4.69) is 4.72 Å². The molecule has 1 unspecified atom stereocenters. The Morgan fingerprint density at radius 2 is 2.17 bits per heavy atom. The van der Waals surface area contributed by atoms with Crippen LogP contribution in [0.1, 0.15) is 28.6 Å². The van der Waals surface area contributed by atoms with Crippen molar-refractivity contribution in [2.75, 3.05) is 19.6 Å². The summed E-state index contributed by atoms with van der Waals surface area (Å²) in [4.78, 5) is 13.9. The van der Waals surface area contributed by atoms with Crippen LogP contribution in [0.2, 0.25) is 0 Å². The van der Waals surface area contributed by atoms with Crippen LogP contribution in [0.25, 0.3) is 10.1 Å². The van der Waals surface area contributed by atoms with E-state index in [1.54, 1.807) is 6.92 Å². The summed E-state index contributed by atoms with van der Waals surface area (Å²) in [5.41, 5.74) is 0.782. The molecule has 2 heterocycles. The minimum Gasteiger partial charge on any atom is -0.477 e. The minimum atomic E-state index is -3.30. The van der Waals surface area contributed by atoms with Gasteiger partial charge >= 0.3 is 5.97 Å². The first-order valence-electron chi connectivity index (χ1n) is 7.87. The van der Waals surface area contributed by atoms with Crippen LogP contribution in [0, 0.1) is 0 Å². The molecule has 1 aliphatic rings. The van der Waals surface area contributed by atoms with Crippen LogP contribution < -0.4 is 4.72 Å². The van der Waals surface area contributed by atoms with E-state index in [4.69, 9.17) is 0 Å². The molecule has 24 heavy (non-hydrogen) atoms. The maximum atomic E-state index is 12.1. The van der Waals surface area contributed by atoms with Crippen molar-refractivity contribution in [1.82, 2.24) is 9.62 Å². The van der Waals surface area contributed by atoms with Gasteiger partial charge in [-0.2, -0.15) is 0 Å². The Morgan fingerprint density at radius 1 is 1.42 bits per heavy atom. The van der Waals surface area contributed by atoms with E-state index in [1.807, 2.05) is 29.2 Å². The first-order valence-corrected chi connectivity index (χ1v) is 10.2. The Kier molecular flexibility index (Phi) is 4.91. The molecule has 3 rings (SSSR count). The molecule has 2 aromatic rings. The van der Waals surface area contributed by atoms with Crippen molar-refractivity contribution in [1.29, 1.82) is 0 Å². The number of likely N-dealkylation sites (tertiary alicyclic amines) is 1. The minimum absolute atomic E-state index is 0.342. The Labute approximate surface area is 145 Å². The number of aromatic carboxylic acids is 1. The smallest absolute Gasteiger partial charge is 0.346 e. The highest BCUT2D eigenvalue weighted by Gasteiger charge is 2.33. The molecular formula is C16H20N2O4S2. The number of nitrogens with one attached hydrogen (secondary N) is 1. The molecule has 1 aromatic heterocycles. The fourth-order valence-electron chi connectivity index (χ4n) is 3.17. The number of nitrogens with zero attached hydrogens (tertiary/aromatic N) is 1. The zero-order chi connectivity index (χ0) is 17.3. The Balaban J connectivity index is 1.84. The molecule has 1 aromatic carbocycles. The van der Waals surface area contributed by atoms with Crippen molar-refractivity contribution >= 4 is 37.4 Å². The summed E-state index contributed by atoms with van der Waals surface area (Å²) in [5.74, 6) is -0.929. The zero-order valence-electron chi connectivity index (χ0n) is 13.4. The van der Waals surface area contributed by atoms with E-state index in [-0.39, 0.29) is 0 Å². The van der Waals surface area contributed by atoms with Crippen LogP contribution in [0.5, 0.6) is 0 Å². The van der Waals surface area contributed by atoms with E-state index in [0.29, 0.717) is 37.5 Å². The molecule has 130 valence electrons. The second-order valence-corrected chi connectivity index (χ2v) is 9.00. The summed E-state index contributed by atoms with van der Waals surface area (Å²) in [6, 6.07) is 7.63. The third-order valence-corrected chi connectivity index (χ3v) is 7.44. The highest BCUT2D eigenvalue weighted by atomic mass is 32.2. The lowest BCUT2D eigenvalue weighted by molar-refractivity contribution is 0.0700. The maximum Gasteiger partial charge on any atom is 0.346 e. The fraction of sp³-hybridized carbons (Fsp3) is 0.438. The number of thiophene rings is 1. The molecule has 6 nitrogen and oxygen atoms in total. The van der Waals surface area contributed by atoms with Crippen LogP contribution >= 0.6 is 11.3 Å². The van der Waals surface area contributed by atoms with E-state index in [9.17, 15) is 18.3 Å². The van der Waals surface area contributed by atoms with Gasteiger partial charge < -0.3 is 5.11 Å². The van der Waals surface area contributed by atoms with Gasteiger partial charge in [0.2, 0.25) is 10.0 Å². The third-order valence-electron chi connectivity index (χ3n) is 4.29. The average Bonchev–Trinajstić information content (AvgIpc) is 3.13. The summed E-state index contributed by atoms with van der Waals surface area (Å²) >= 11 is 1.27. The molecule has 1 atom stereocenters. The molecular weight excluding hydrogens is 348 g/mol. The summed E-state index contributed by atoms with van der Waals surface area (Å²) < 4.78 is 27.8. The average molecular weight is 368 g/mol. The predicted octanol–water partition coefficient (Wildman–Crippen LogP) is 2.11. The molecule has 0 amide bonds. The van der Waals surface area contributed by atoms with Crippen molar-refractivity contribution in [3.8, 4) is 0 Å². The van der Waals surface area contributed by atoms with Crippen molar-refractivity contribution < 1.29 is 18.3 Å². The molecule has 1 saturated heterocycles. The third kappa shape index (κ3) is 3.32. The molecule has 0 radical (unpaired) electrons. The number of benzene rings is 1. The zero-order valence-corrected chi connectivity index (χ0v) is 15.0. The van der Waals surface area contributed by atoms with Crippen molar-refractivity contribution in [3.05, 3.63) is 34.7 Å². The van der Waals surface area contributed by atoms with Crippen LogP contribution in [-0.2, 0) is 16.6 Å². The number of rotatable bonds is 6.